The molecule has 0 unspecified atom stereocenters. The lowest BCUT2D eigenvalue weighted by Gasteiger charge is -2.31. The summed E-state index contributed by atoms with van der Waals surface area (Å²) in [6.45, 7) is 3.45. The van der Waals surface area contributed by atoms with Crippen LogP contribution >= 0.6 is 15.9 Å². The molecule has 0 aliphatic carbocycles. The summed E-state index contributed by atoms with van der Waals surface area (Å²) in [5, 5.41) is 0. The van der Waals surface area contributed by atoms with E-state index in [0.717, 1.165) is 29.9 Å². The molecular weight excluding hydrogens is 368 g/mol. The highest BCUT2D eigenvalue weighted by Gasteiger charge is 2.30. The third-order valence-electron chi connectivity index (χ3n) is 3.89. The minimum absolute atomic E-state index is 0.352. The van der Waals surface area contributed by atoms with E-state index >= 15 is 0 Å². The first-order valence-corrected chi connectivity index (χ1v) is 9.41. The van der Waals surface area contributed by atoms with Crippen molar-refractivity contribution in [2.75, 3.05) is 26.2 Å². The molecule has 0 atom stereocenters. The number of piperazine rings is 1. The van der Waals surface area contributed by atoms with Gasteiger partial charge in [0.25, 0.3) is 0 Å². The molecule has 1 aliphatic heterocycles. The number of hydrogen-bond acceptors (Lipinski definition) is 3. The fourth-order valence-electron chi connectivity index (χ4n) is 2.63. The summed E-state index contributed by atoms with van der Waals surface area (Å²) in [5.74, 6) is 0.944. The highest BCUT2D eigenvalue weighted by Crippen LogP contribution is 2.18. The van der Waals surface area contributed by atoms with Crippen LogP contribution in [0.4, 0.5) is 0 Å². The van der Waals surface area contributed by atoms with E-state index in [1.165, 1.54) is 4.90 Å². The zero-order valence-electron chi connectivity index (χ0n) is 12.0. The Bertz CT molecular complexity index is 706. The highest BCUT2D eigenvalue weighted by atomic mass is 79.9. The van der Waals surface area contributed by atoms with Crippen LogP contribution in [-0.2, 0) is 16.6 Å². The Hall–Kier alpha value is -1.15. The lowest BCUT2D eigenvalue weighted by atomic mass is 10.3. The van der Waals surface area contributed by atoms with Crippen LogP contribution in [0.25, 0.3) is 0 Å². The van der Waals surface area contributed by atoms with Gasteiger partial charge in [-0.15, -0.1) is 0 Å². The van der Waals surface area contributed by atoms with Crippen molar-refractivity contribution in [2.24, 2.45) is 0 Å². The van der Waals surface area contributed by atoms with Crippen molar-refractivity contribution >= 4 is 26.0 Å². The standard InChI is InChI=1S/C15H17BrN2O3S/c16-13-3-5-15(6-4-13)22(19,20)18-9-7-17(8-10-18)12-14-2-1-11-21-14/h1-6,11H,7-10,12H2/p+1. The molecule has 7 heteroatoms. The third-order valence-corrected chi connectivity index (χ3v) is 6.33. The fourth-order valence-corrected chi connectivity index (χ4v) is 4.34. The Balaban J connectivity index is 1.64. The Labute approximate surface area is 138 Å². The van der Waals surface area contributed by atoms with Gasteiger partial charge in [0.2, 0.25) is 10.0 Å². The van der Waals surface area contributed by atoms with Crippen LogP contribution in [-0.4, -0.2) is 38.9 Å². The molecule has 0 amide bonds. The molecule has 0 saturated carbocycles. The zero-order chi connectivity index (χ0) is 15.6. The predicted octanol–water partition coefficient (Wildman–Crippen LogP) is 1.13. The molecule has 1 aromatic heterocycles. The molecule has 0 bridgehead atoms. The predicted molar refractivity (Wildman–Crippen MR) is 86.0 cm³/mol. The Morgan fingerprint density at radius 3 is 2.41 bits per heavy atom. The van der Waals surface area contributed by atoms with Gasteiger partial charge in [-0.05, 0) is 36.4 Å². The number of quaternary nitrogens is 1. The summed E-state index contributed by atoms with van der Waals surface area (Å²) < 4.78 is 33.0. The van der Waals surface area contributed by atoms with Crippen LogP contribution in [0.15, 0.2) is 56.4 Å². The molecular formula is C15H18BrN2O3S+. The lowest BCUT2D eigenvalue weighted by Crippen LogP contribution is -3.13. The lowest BCUT2D eigenvalue weighted by molar-refractivity contribution is -0.918. The van der Waals surface area contributed by atoms with E-state index in [2.05, 4.69) is 15.9 Å². The molecule has 1 fully saturated rings. The van der Waals surface area contributed by atoms with E-state index in [4.69, 9.17) is 4.42 Å². The van der Waals surface area contributed by atoms with E-state index in [0.29, 0.717) is 18.0 Å². The van der Waals surface area contributed by atoms with Crippen molar-refractivity contribution in [1.29, 1.82) is 0 Å². The summed E-state index contributed by atoms with van der Waals surface area (Å²) >= 11 is 3.32. The number of furan rings is 1. The zero-order valence-corrected chi connectivity index (χ0v) is 14.4. The van der Waals surface area contributed by atoms with Gasteiger partial charge in [0.15, 0.2) is 5.76 Å². The number of sulfonamides is 1. The van der Waals surface area contributed by atoms with E-state index < -0.39 is 10.0 Å². The largest absolute Gasteiger partial charge is 0.463 e. The van der Waals surface area contributed by atoms with Gasteiger partial charge in [-0.3, -0.25) is 0 Å². The van der Waals surface area contributed by atoms with Crippen molar-refractivity contribution < 1.29 is 17.7 Å². The maximum Gasteiger partial charge on any atom is 0.243 e. The second kappa shape index (κ2) is 6.54. The third kappa shape index (κ3) is 3.43. The molecule has 2 heterocycles. The molecule has 0 radical (unpaired) electrons. The van der Waals surface area contributed by atoms with Crippen LogP contribution in [0.5, 0.6) is 0 Å². The Morgan fingerprint density at radius 1 is 1.14 bits per heavy atom. The highest BCUT2D eigenvalue weighted by molar-refractivity contribution is 9.10. The first kappa shape index (κ1) is 15.7. The van der Waals surface area contributed by atoms with Gasteiger partial charge in [0, 0.05) is 4.47 Å². The smallest absolute Gasteiger partial charge is 0.243 e. The van der Waals surface area contributed by atoms with E-state index in [1.54, 1.807) is 34.8 Å². The molecule has 3 rings (SSSR count). The fraction of sp³-hybridized carbons (Fsp3) is 0.333. The van der Waals surface area contributed by atoms with Gasteiger partial charge in [-0.25, -0.2) is 8.42 Å². The molecule has 1 N–H and O–H groups in total. The number of nitrogens with one attached hydrogen (secondary N) is 1. The second-order valence-corrected chi connectivity index (χ2v) is 8.22. The van der Waals surface area contributed by atoms with Gasteiger partial charge in [-0.1, -0.05) is 15.9 Å². The number of halogens is 1. The molecule has 5 nitrogen and oxygen atoms in total. The van der Waals surface area contributed by atoms with Gasteiger partial charge < -0.3 is 9.32 Å². The molecule has 2 aromatic rings. The number of hydrogen-bond donors (Lipinski definition) is 1. The number of nitrogens with zero attached hydrogens (tertiary/aromatic N) is 1. The van der Waals surface area contributed by atoms with Crippen LogP contribution in [0.2, 0.25) is 0 Å². The molecule has 1 aromatic carbocycles. The minimum atomic E-state index is -3.39. The van der Waals surface area contributed by atoms with Crippen LogP contribution in [0.3, 0.4) is 0 Å². The first-order valence-electron chi connectivity index (χ1n) is 7.17. The van der Waals surface area contributed by atoms with E-state index in [-0.39, 0.29) is 0 Å². The van der Waals surface area contributed by atoms with Gasteiger partial charge in [0.05, 0.1) is 37.3 Å². The minimum Gasteiger partial charge on any atom is -0.463 e. The van der Waals surface area contributed by atoms with Crippen molar-refractivity contribution in [1.82, 2.24) is 4.31 Å². The van der Waals surface area contributed by atoms with Crippen molar-refractivity contribution in [2.45, 2.75) is 11.4 Å². The Kier molecular flexibility index (Phi) is 4.67. The van der Waals surface area contributed by atoms with Gasteiger partial charge in [0.1, 0.15) is 6.54 Å². The number of benzene rings is 1. The van der Waals surface area contributed by atoms with Crippen molar-refractivity contribution in [3.63, 3.8) is 0 Å². The maximum atomic E-state index is 12.6. The summed E-state index contributed by atoms with van der Waals surface area (Å²) in [5.41, 5.74) is 0. The summed E-state index contributed by atoms with van der Waals surface area (Å²) in [7, 11) is -3.39. The van der Waals surface area contributed by atoms with Crippen LogP contribution < -0.4 is 4.90 Å². The topological polar surface area (TPSA) is 55.0 Å². The van der Waals surface area contributed by atoms with Gasteiger partial charge in [-0.2, -0.15) is 4.31 Å². The van der Waals surface area contributed by atoms with Gasteiger partial charge >= 0.3 is 0 Å². The summed E-state index contributed by atoms with van der Waals surface area (Å²) in [4.78, 5) is 1.70. The van der Waals surface area contributed by atoms with Crippen molar-refractivity contribution in [3.8, 4) is 0 Å². The average molecular weight is 386 g/mol. The monoisotopic (exact) mass is 385 g/mol. The van der Waals surface area contributed by atoms with Crippen molar-refractivity contribution in [3.05, 3.63) is 52.9 Å². The normalized spacial score (nSPS) is 17.7. The van der Waals surface area contributed by atoms with E-state index in [9.17, 15) is 8.42 Å². The van der Waals surface area contributed by atoms with E-state index in [1.807, 2.05) is 12.1 Å². The summed E-state index contributed by atoms with van der Waals surface area (Å²) in [6, 6.07) is 10.6. The number of rotatable bonds is 4. The molecule has 22 heavy (non-hydrogen) atoms. The van der Waals surface area contributed by atoms with Crippen LogP contribution in [0, 0.1) is 0 Å². The average Bonchev–Trinajstić information content (AvgIpc) is 3.01. The molecule has 1 saturated heterocycles. The summed E-state index contributed by atoms with van der Waals surface area (Å²) in [6.07, 6.45) is 1.67. The first-order chi connectivity index (χ1) is 10.6. The molecule has 118 valence electrons. The maximum absolute atomic E-state index is 12.6. The SMILES string of the molecule is O=S(=O)(c1ccc(Br)cc1)N1CC[NH+](Cc2ccco2)CC1. The Morgan fingerprint density at radius 2 is 1.82 bits per heavy atom. The molecule has 1 aliphatic rings. The quantitative estimate of drug-likeness (QED) is 0.858. The second-order valence-electron chi connectivity index (χ2n) is 5.36. The van der Waals surface area contributed by atoms with Crippen LogP contribution in [0.1, 0.15) is 5.76 Å². The molecule has 0 spiro atoms.